The highest BCUT2D eigenvalue weighted by Crippen LogP contribution is 2.24. The lowest BCUT2D eigenvalue weighted by Crippen LogP contribution is -2.19. The molecule has 1 fully saturated rings. The fourth-order valence-electron chi connectivity index (χ4n) is 4.46. The van der Waals surface area contributed by atoms with E-state index in [1.54, 1.807) is 12.3 Å². The summed E-state index contributed by atoms with van der Waals surface area (Å²) in [6.07, 6.45) is 4.10. The lowest BCUT2D eigenvalue weighted by molar-refractivity contribution is 0.0600. The number of carbonyl (C=O) groups excluding carboxylic acids is 2. The van der Waals surface area contributed by atoms with Gasteiger partial charge in [-0.25, -0.2) is 10.2 Å². The van der Waals surface area contributed by atoms with Crippen molar-refractivity contribution in [1.82, 2.24) is 9.99 Å². The molecule has 0 aliphatic carbocycles. The molecule has 0 bridgehead atoms. The first-order valence-electron chi connectivity index (χ1n) is 11.5. The van der Waals surface area contributed by atoms with Crippen molar-refractivity contribution in [2.75, 3.05) is 25.1 Å². The number of amides is 1. The van der Waals surface area contributed by atoms with Gasteiger partial charge in [0, 0.05) is 47.0 Å². The normalized spacial score (nSPS) is 13.5. The Kier molecular flexibility index (Phi) is 6.82. The number of hydrogen-bond donors (Lipinski definition) is 1. The Morgan fingerprint density at radius 1 is 0.971 bits per heavy atom. The van der Waals surface area contributed by atoms with E-state index >= 15 is 0 Å². The molecule has 1 saturated heterocycles. The summed E-state index contributed by atoms with van der Waals surface area (Å²) in [5.74, 6) is -0.600. The first kappa shape index (κ1) is 23.3. The summed E-state index contributed by atoms with van der Waals surface area (Å²) in [5, 5.41) is 4.19. The molecule has 7 nitrogen and oxygen atoms in total. The van der Waals surface area contributed by atoms with Gasteiger partial charge >= 0.3 is 5.97 Å². The molecule has 0 unspecified atom stereocenters. The van der Waals surface area contributed by atoms with Crippen LogP contribution in [0.1, 0.15) is 56.1 Å². The maximum atomic E-state index is 12.5. The molecule has 1 N–H and O–H groups in total. The van der Waals surface area contributed by atoms with Crippen LogP contribution in [0, 0.1) is 20.8 Å². The lowest BCUT2D eigenvalue weighted by Gasteiger charge is -2.17. The van der Waals surface area contributed by atoms with E-state index in [1.807, 2.05) is 63.2 Å². The van der Waals surface area contributed by atoms with Crippen molar-refractivity contribution < 1.29 is 14.3 Å². The largest absolute Gasteiger partial charge is 0.465 e. The lowest BCUT2D eigenvalue weighted by atomic mass is 10.1. The van der Waals surface area contributed by atoms with Crippen LogP contribution in [0.2, 0.25) is 0 Å². The highest BCUT2D eigenvalue weighted by atomic mass is 16.5. The van der Waals surface area contributed by atoms with Crippen LogP contribution in [-0.2, 0) is 4.74 Å². The minimum absolute atomic E-state index is 0.243. The summed E-state index contributed by atoms with van der Waals surface area (Å²) in [7, 11) is 1.37. The second-order valence-corrected chi connectivity index (χ2v) is 8.59. The molecule has 0 atom stereocenters. The second kappa shape index (κ2) is 9.95. The van der Waals surface area contributed by atoms with Crippen molar-refractivity contribution in [2.24, 2.45) is 5.10 Å². The van der Waals surface area contributed by atoms with Gasteiger partial charge in [0.2, 0.25) is 0 Å². The molecular weight excluding hydrogens is 428 g/mol. The zero-order valence-electron chi connectivity index (χ0n) is 20.1. The zero-order chi connectivity index (χ0) is 24.2. The molecular formula is C27H30N4O3. The van der Waals surface area contributed by atoms with Crippen LogP contribution in [0.15, 0.2) is 53.6 Å². The molecule has 2 aromatic carbocycles. The summed E-state index contributed by atoms with van der Waals surface area (Å²) in [4.78, 5) is 26.7. The van der Waals surface area contributed by atoms with Crippen LogP contribution < -0.4 is 10.3 Å². The Labute approximate surface area is 200 Å². The molecule has 4 rings (SSSR count). The van der Waals surface area contributed by atoms with Crippen molar-refractivity contribution >= 4 is 23.8 Å². The van der Waals surface area contributed by atoms with Gasteiger partial charge in [-0.1, -0.05) is 0 Å². The Hall–Kier alpha value is -3.87. The van der Waals surface area contributed by atoms with Gasteiger partial charge in [-0.15, -0.1) is 0 Å². The minimum atomic E-state index is -0.357. The predicted octanol–water partition coefficient (Wildman–Crippen LogP) is 4.55. The van der Waals surface area contributed by atoms with Gasteiger partial charge in [-0.05, 0) is 87.7 Å². The van der Waals surface area contributed by atoms with Crippen LogP contribution in [0.25, 0.3) is 5.69 Å². The van der Waals surface area contributed by atoms with Crippen molar-refractivity contribution in [1.29, 1.82) is 0 Å². The molecule has 3 aromatic rings. The van der Waals surface area contributed by atoms with Gasteiger partial charge < -0.3 is 14.2 Å². The van der Waals surface area contributed by atoms with Crippen molar-refractivity contribution in [3.63, 3.8) is 0 Å². The minimum Gasteiger partial charge on any atom is -0.465 e. The number of carbonyl (C=O) groups is 2. The second-order valence-electron chi connectivity index (χ2n) is 8.59. The smallest absolute Gasteiger partial charge is 0.337 e. The monoisotopic (exact) mass is 458 g/mol. The summed E-state index contributed by atoms with van der Waals surface area (Å²) >= 11 is 0. The topological polar surface area (TPSA) is 75.9 Å². The molecule has 34 heavy (non-hydrogen) atoms. The summed E-state index contributed by atoms with van der Waals surface area (Å²) in [6, 6.07) is 15.2. The first-order chi connectivity index (χ1) is 16.4. The van der Waals surface area contributed by atoms with Crippen LogP contribution in [0.4, 0.5) is 5.69 Å². The molecule has 1 aliphatic heterocycles. The number of rotatable bonds is 6. The van der Waals surface area contributed by atoms with Gasteiger partial charge in [0.15, 0.2) is 0 Å². The molecule has 0 radical (unpaired) electrons. The van der Waals surface area contributed by atoms with E-state index in [1.165, 1.54) is 20.0 Å². The van der Waals surface area contributed by atoms with Gasteiger partial charge in [0.05, 0.1) is 18.9 Å². The number of hydrogen-bond acceptors (Lipinski definition) is 5. The highest BCUT2D eigenvalue weighted by Gasteiger charge is 2.15. The molecule has 0 spiro atoms. The van der Waals surface area contributed by atoms with Crippen molar-refractivity contribution in [3.8, 4) is 5.69 Å². The number of aryl methyl sites for hydroxylation is 2. The van der Waals surface area contributed by atoms with E-state index in [4.69, 9.17) is 4.74 Å². The number of aromatic nitrogens is 1. The maximum Gasteiger partial charge on any atom is 0.337 e. The van der Waals surface area contributed by atoms with Crippen LogP contribution in [-0.4, -0.2) is 42.9 Å². The Morgan fingerprint density at radius 3 is 2.29 bits per heavy atom. The summed E-state index contributed by atoms with van der Waals surface area (Å²) < 4.78 is 6.92. The number of benzene rings is 2. The quantitative estimate of drug-likeness (QED) is 0.334. The predicted molar refractivity (Wildman–Crippen MR) is 134 cm³/mol. The fraction of sp³-hybridized carbons (Fsp3) is 0.296. The third-order valence-corrected chi connectivity index (χ3v) is 6.30. The maximum absolute atomic E-state index is 12.5. The molecule has 176 valence electrons. The fourth-order valence-corrected chi connectivity index (χ4v) is 4.46. The molecule has 1 aliphatic rings. The number of methoxy groups -OCH3 is 1. The average molecular weight is 459 g/mol. The molecule has 2 heterocycles. The van der Waals surface area contributed by atoms with Gasteiger partial charge in [-0.2, -0.15) is 5.10 Å². The van der Waals surface area contributed by atoms with Crippen molar-refractivity contribution in [3.05, 3.63) is 82.2 Å². The average Bonchev–Trinajstić information content (AvgIpc) is 3.47. The van der Waals surface area contributed by atoms with Gasteiger partial charge in [0.25, 0.3) is 5.91 Å². The third kappa shape index (κ3) is 4.73. The summed E-state index contributed by atoms with van der Waals surface area (Å²) in [5.41, 5.74) is 9.72. The van der Waals surface area contributed by atoms with E-state index in [9.17, 15) is 9.59 Å². The van der Waals surface area contributed by atoms with Crippen molar-refractivity contribution in [2.45, 2.75) is 33.6 Å². The molecule has 1 amide bonds. The zero-order valence-corrected chi connectivity index (χ0v) is 20.1. The molecule has 7 heteroatoms. The number of anilines is 1. The van der Waals surface area contributed by atoms with E-state index in [2.05, 4.69) is 20.0 Å². The van der Waals surface area contributed by atoms with E-state index in [-0.39, 0.29) is 11.9 Å². The first-order valence-corrected chi connectivity index (χ1v) is 11.5. The van der Waals surface area contributed by atoms with E-state index in [0.717, 1.165) is 47.0 Å². The number of nitrogens with one attached hydrogen (secondary N) is 1. The Bertz CT molecular complexity index is 1240. The standard InChI is InChI=1S/C27H30N4O3/c1-18-15-22(27(33)34-4)9-12-25(18)31-19(2)16-23(20(31)3)17-28-29-26(32)21-7-10-24(11-8-21)30-13-5-6-14-30/h7-12,15-17H,5-6,13-14H2,1-4H3,(H,29,32)/b28-17-. The van der Waals surface area contributed by atoms with Crippen LogP contribution in [0.3, 0.4) is 0 Å². The SMILES string of the molecule is COC(=O)c1ccc(-n2c(C)cc(/C=N\NC(=O)c3ccc(N4CCCC4)cc3)c2C)c(C)c1. The highest BCUT2D eigenvalue weighted by molar-refractivity contribution is 5.95. The van der Waals surface area contributed by atoms with E-state index < -0.39 is 0 Å². The van der Waals surface area contributed by atoms with Gasteiger partial charge in [-0.3, -0.25) is 4.79 Å². The number of hydrazone groups is 1. The van der Waals surface area contributed by atoms with Crippen LogP contribution in [0.5, 0.6) is 0 Å². The Balaban J connectivity index is 1.46. The Morgan fingerprint density at radius 2 is 1.65 bits per heavy atom. The van der Waals surface area contributed by atoms with E-state index in [0.29, 0.717) is 11.1 Å². The number of ether oxygens (including phenoxy) is 1. The van der Waals surface area contributed by atoms with Gasteiger partial charge in [0.1, 0.15) is 0 Å². The molecule has 1 aromatic heterocycles. The third-order valence-electron chi connectivity index (χ3n) is 6.30. The van der Waals surface area contributed by atoms with Crippen LogP contribution >= 0.6 is 0 Å². The number of esters is 1. The summed E-state index contributed by atoms with van der Waals surface area (Å²) in [6.45, 7) is 8.12. The number of nitrogens with zero attached hydrogens (tertiary/aromatic N) is 3. The molecule has 0 saturated carbocycles.